The summed E-state index contributed by atoms with van der Waals surface area (Å²) in [5, 5.41) is 0. The first-order valence-electron chi connectivity index (χ1n) is 4.62. The molecule has 0 aliphatic carbocycles. The predicted octanol–water partition coefficient (Wildman–Crippen LogP) is 2.87. The second-order valence-electron chi connectivity index (χ2n) is 3.40. The lowest BCUT2D eigenvalue weighted by atomic mass is 10.3. The van der Waals surface area contributed by atoms with Crippen molar-refractivity contribution >= 4 is 8.32 Å². The summed E-state index contributed by atoms with van der Waals surface area (Å²) in [6.45, 7) is 13.1. The monoisotopic (exact) mass is 200 g/mol. The van der Waals surface area contributed by atoms with Crippen molar-refractivity contribution in [3.05, 3.63) is 25.1 Å². The molecule has 0 aliphatic heterocycles. The molecular formula is C10H20O2Si. The van der Waals surface area contributed by atoms with Crippen LogP contribution in [-0.2, 0) is 9.16 Å². The van der Waals surface area contributed by atoms with E-state index >= 15 is 0 Å². The fourth-order valence-corrected chi connectivity index (χ4v) is 1.55. The van der Waals surface area contributed by atoms with Crippen molar-refractivity contribution < 1.29 is 9.16 Å². The van der Waals surface area contributed by atoms with Crippen LogP contribution in [-0.4, -0.2) is 21.5 Å². The van der Waals surface area contributed by atoms with Gasteiger partial charge < -0.3 is 9.16 Å². The number of hydrogen-bond acceptors (Lipinski definition) is 2. The second-order valence-corrected chi connectivity index (χ2v) is 7.30. The van der Waals surface area contributed by atoms with Gasteiger partial charge in [0, 0.05) is 6.61 Å². The Morgan fingerprint density at radius 3 is 2.31 bits per heavy atom. The van der Waals surface area contributed by atoms with Crippen molar-refractivity contribution in [2.24, 2.45) is 0 Å². The van der Waals surface area contributed by atoms with E-state index in [1.807, 2.05) is 5.70 Å². The van der Waals surface area contributed by atoms with E-state index in [-0.39, 0.29) is 0 Å². The van der Waals surface area contributed by atoms with E-state index in [2.05, 4.69) is 26.3 Å². The molecule has 0 radical (unpaired) electrons. The number of rotatable bonds is 8. The van der Waals surface area contributed by atoms with Crippen LogP contribution in [0.4, 0.5) is 0 Å². The van der Waals surface area contributed by atoms with Gasteiger partial charge in [-0.25, -0.2) is 0 Å². The summed E-state index contributed by atoms with van der Waals surface area (Å²) < 4.78 is 10.7. The van der Waals surface area contributed by atoms with Gasteiger partial charge in [-0.1, -0.05) is 12.3 Å². The topological polar surface area (TPSA) is 18.5 Å². The first kappa shape index (κ1) is 12.5. The first-order chi connectivity index (χ1) is 6.12. The molecule has 0 unspecified atom stereocenters. The minimum atomic E-state index is -1.54. The molecule has 0 aromatic rings. The van der Waals surface area contributed by atoms with Crippen LogP contribution in [0.2, 0.25) is 13.1 Å². The van der Waals surface area contributed by atoms with E-state index in [4.69, 9.17) is 9.16 Å². The fraction of sp³-hybridized carbons (Fsp3) is 0.600. The van der Waals surface area contributed by atoms with Gasteiger partial charge in [0.15, 0.2) is 0 Å². The molecule has 0 saturated carbocycles. The molecule has 0 fully saturated rings. The van der Waals surface area contributed by atoms with Crippen LogP contribution >= 0.6 is 0 Å². The zero-order chi connectivity index (χ0) is 10.2. The van der Waals surface area contributed by atoms with E-state index in [0.29, 0.717) is 0 Å². The van der Waals surface area contributed by atoms with Crippen LogP contribution in [0.3, 0.4) is 0 Å². The van der Waals surface area contributed by atoms with E-state index < -0.39 is 8.32 Å². The van der Waals surface area contributed by atoms with Crippen molar-refractivity contribution in [1.82, 2.24) is 0 Å². The minimum Gasteiger partial charge on any atom is -0.502 e. The van der Waals surface area contributed by atoms with Gasteiger partial charge in [-0.05, 0) is 25.9 Å². The third kappa shape index (κ3) is 7.81. The Bertz CT molecular complexity index is 155. The Balaban J connectivity index is 3.25. The lowest BCUT2D eigenvalue weighted by Crippen LogP contribution is -2.27. The summed E-state index contributed by atoms with van der Waals surface area (Å²) in [5.41, 5.74) is 1.95. The SMILES string of the molecule is C=COCCCCO[Si](C)(C)C=C. The highest BCUT2D eigenvalue weighted by Crippen LogP contribution is 2.05. The van der Waals surface area contributed by atoms with Crippen LogP contribution in [0.5, 0.6) is 0 Å². The van der Waals surface area contributed by atoms with Crippen molar-refractivity contribution in [1.29, 1.82) is 0 Å². The van der Waals surface area contributed by atoms with Gasteiger partial charge in [-0.15, -0.1) is 6.58 Å². The highest BCUT2D eigenvalue weighted by molar-refractivity contribution is 6.76. The fourth-order valence-electron chi connectivity index (χ4n) is 0.765. The summed E-state index contributed by atoms with van der Waals surface area (Å²) >= 11 is 0. The smallest absolute Gasteiger partial charge is 0.210 e. The number of unbranched alkanes of at least 4 members (excludes halogenated alkanes) is 1. The molecule has 2 nitrogen and oxygen atoms in total. The van der Waals surface area contributed by atoms with Gasteiger partial charge >= 0.3 is 0 Å². The predicted molar refractivity (Wildman–Crippen MR) is 59.0 cm³/mol. The maximum Gasteiger partial charge on any atom is 0.210 e. The third-order valence-corrected chi connectivity index (χ3v) is 3.67. The molecular weight excluding hydrogens is 180 g/mol. The zero-order valence-electron chi connectivity index (χ0n) is 8.71. The summed E-state index contributed by atoms with van der Waals surface area (Å²) in [4.78, 5) is 0. The highest BCUT2D eigenvalue weighted by Gasteiger charge is 2.16. The number of hydrogen-bond donors (Lipinski definition) is 0. The van der Waals surface area contributed by atoms with Crippen LogP contribution in [0.25, 0.3) is 0 Å². The van der Waals surface area contributed by atoms with Crippen LogP contribution in [0.15, 0.2) is 25.1 Å². The number of ether oxygens (including phenoxy) is 1. The van der Waals surface area contributed by atoms with Gasteiger partial charge in [0.25, 0.3) is 0 Å². The molecule has 0 aromatic carbocycles. The molecule has 0 atom stereocenters. The molecule has 0 aromatic heterocycles. The van der Waals surface area contributed by atoms with Gasteiger partial charge in [-0.3, -0.25) is 0 Å². The van der Waals surface area contributed by atoms with E-state index in [1.54, 1.807) is 0 Å². The Morgan fingerprint density at radius 1 is 1.15 bits per heavy atom. The second kappa shape index (κ2) is 6.92. The first-order valence-corrected chi connectivity index (χ1v) is 7.61. The summed E-state index contributed by atoms with van der Waals surface area (Å²) in [5.74, 6) is 0. The van der Waals surface area contributed by atoms with Gasteiger partial charge in [-0.2, -0.15) is 0 Å². The third-order valence-electron chi connectivity index (χ3n) is 1.74. The Kier molecular flexibility index (Phi) is 6.63. The Hall–Kier alpha value is -0.543. The highest BCUT2D eigenvalue weighted by atomic mass is 28.4. The van der Waals surface area contributed by atoms with Crippen molar-refractivity contribution in [2.75, 3.05) is 13.2 Å². The van der Waals surface area contributed by atoms with Crippen LogP contribution in [0, 0.1) is 0 Å². The average Bonchev–Trinajstić information content (AvgIpc) is 2.11. The quantitative estimate of drug-likeness (QED) is 0.341. The largest absolute Gasteiger partial charge is 0.502 e. The van der Waals surface area contributed by atoms with Gasteiger partial charge in [0.2, 0.25) is 8.32 Å². The van der Waals surface area contributed by atoms with Crippen LogP contribution < -0.4 is 0 Å². The molecule has 0 aliphatic rings. The molecule has 0 spiro atoms. The van der Waals surface area contributed by atoms with Gasteiger partial charge in [0.1, 0.15) is 0 Å². The molecule has 0 rings (SSSR count). The minimum absolute atomic E-state index is 0.739. The van der Waals surface area contributed by atoms with E-state index in [9.17, 15) is 0 Å². The van der Waals surface area contributed by atoms with Crippen molar-refractivity contribution in [2.45, 2.75) is 25.9 Å². The molecule has 3 heteroatoms. The van der Waals surface area contributed by atoms with Gasteiger partial charge in [0.05, 0.1) is 12.9 Å². The maximum absolute atomic E-state index is 5.70. The summed E-state index contributed by atoms with van der Waals surface area (Å²) in [6, 6.07) is 0. The standard InChI is InChI=1S/C10H20O2Si/c1-5-11-9-7-8-10-12-13(3,4)6-2/h5-6H,1-2,7-10H2,3-4H3. The lowest BCUT2D eigenvalue weighted by Gasteiger charge is -2.17. The average molecular weight is 200 g/mol. The molecule has 0 heterocycles. The molecule has 0 N–H and O–H groups in total. The van der Waals surface area contributed by atoms with Crippen molar-refractivity contribution in [3.8, 4) is 0 Å². The molecule has 13 heavy (non-hydrogen) atoms. The Morgan fingerprint density at radius 2 is 1.77 bits per heavy atom. The van der Waals surface area contributed by atoms with E-state index in [1.165, 1.54) is 6.26 Å². The Labute approximate surface area is 82.4 Å². The lowest BCUT2D eigenvalue weighted by molar-refractivity contribution is 0.225. The summed E-state index contributed by atoms with van der Waals surface area (Å²) in [6.07, 6.45) is 3.54. The normalized spacial score (nSPS) is 10.9. The molecule has 0 saturated heterocycles. The summed E-state index contributed by atoms with van der Waals surface area (Å²) in [7, 11) is -1.54. The molecule has 0 bridgehead atoms. The zero-order valence-corrected chi connectivity index (χ0v) is 9.71. The molecule has 0 amide bonds. The molecule has 76 valence electrons. The maximum atomic E-state index is 5.70. The van der Waals surface area contributed by atoms with E-state index in [0.717, 1.165) is 26.1 Å². The van der Waals surface area contributed by atoms with Crippen molar-refractivity contribution in [3.63, 3.8) is 0 Å². The van der Waals surface area contributed by atoms with Crippen LogP contribution in [0.1, 0.15) is 12.8 Å².